The Balaban J connectivity index is 1.36. The monoisotopic (exact) mass is 549 g/mol. The van der Waals surface area contributed by atoms with Crippen molar-refractivity contribution >= 4 is 78.7 Å². The summed E-state index contributed by atoms with van der Waals surface area (Å²) in [5.74, 6) is 0. The van der Waals surface area contributed by atoms with Crippen molar-refractivity contribution in [3.8, 4) is 44.6 Å². The van der Waals surface area contributed by atoms with Crippen LogP contribution in [0.5, 0.6) is 0 Å². The van der Waals surface area contributed by atoms with E-state index in [0.717, 1.165) is 11.2 Å². The molecule has 4 aliphatic heterocycles. The Morgan fingerprint density at radius 2 is 0.932 bits per heavy atom. The van der Waals surface area contributed by atoms with E-state index >= 15 is 0 Å². The molecule has 0 saturated carbocycles. The van der Waals surface area contributed by atoms with Gasteiger partial charge in [0.25, 0.3) is 0 Å². The highest BCUT2D eigenvalue weighted by Gasteiger charge is 2.45. The Hall–Kier alpha value is -5.40. The standard InChI is InChI=1S/C41H21B2N/c1-3-17-30-24(13-1)28-21-29-36-26-15-5-9-22-11-8-20-33(34(22)26)43-31-18-4-2-14-25(31)41(39(36)43)44-40(29)37-27-16-6-10-23-12-7-19-32(35(23)27)42(30)38(28)37/h1-21H. The van der Waals surface area contributed by atoms with Crippen molar-refractivity contribution < 1.29 is 0 Å². The van der Waals surface area contributed by atoms with E-state index in [1.54, 1.807) is 0 Å². The number of rotatable bonds is 0. The maximum atomic E-state index is 5.77. The summed E-state index contributed by atoms with van der Waals surface area (Å²) in [5, 5.41) is 6.67. The van der Waals surface area contributed by atoms with Gasteiger partial charge in [0, 0.05) is 10.9 Å². The van der Waals surface area contributed by atoms with Crippen molar-refractivity contribution in [3.05, 3.63) is 127 Å². The second-order valence-corrected chi connectivity index (χ2v) is 12.9. The fraction of sp³-hybridized carbons (Fsp3) is 0. The van der Waals surface area contributed by atoms with Crippen LogP contribution in [0.25, 0.3) is 77.1 Å². The Labute approximate surface area is 255 Å². The zero-order chi connectivity index (χ0) is 28.3. The highest BCUT2D eigenvalue weighted by molar-refractivity contribution is 7.03. The van der Waals surface area contributed by atoms with Crippen molar-refractivity contribution in [1.82, 2.24) is 4.98 Å². The maximum Gasteiger partial charge on any atom is 0.246 e. The first-order chi connectivity index (χ1) is 21.9. The van der Waals surface area contributed by atoms with Crippen molar-refractivity contribution in [1.29, 1.82) is 0 Å². The molecule has 0 fully saturated rings. The van der Waals surface area contributed by atoms with Crippen molar-refractivity contribution in [2.24, 2.45) is 0 Å². The second kappa shape index (κ2) is 7.38. The molecule has 0 spiro atoms. The van der Waals surface area contributed by atoms with Crippen LogP contribution in [-0.4, -0.2) is 18.4 Å². The van der Waals surface area contributed by atoms with Gasteiger partial charge in [-0.2, -0.15) is 0 Å². The molecule has 0 atom stereocenters. The van der Waals surface area contributed by atoms with Crippen LogP contribution in [0.15, 0.2) is 127 Å². The first kappa shape index (κ1) is 22.2. The van der Waals surface area contributed by atoms with Gasteiger partial charge in [-0.1, -0.05) is 149 Å². The highest BCUT2D eigenvalue weighted by atomic mass is 14.7. The third-order valence-corrected chi connectivity index (χ3v) is 11.1. The predicted octanol–water partition coefficient (Wildman–Crippen LogP) is 5.50. The third kappa shape index (κ3) is 2.35. The summed E-state index contributed by atoms with van der Waals surface area (Å²) in [6.45, 7) is 0.412. The van der Waals surface area contributed by atoms with Crippen molar-refractivity contribution in [2.75, 3.05) is 0 Å². The van der Waals surface area contributed by atoms with Gasteiger partial charge in [-0.25, -0.2) is 4.98 Å². The molecular weight excluding hydrogens is 528 g/mol. The number of fused-ring (bicyclic) bond motifs is 13. The van der Waals surface area contributed by atoms with E-state index < -0.39 is 0 Å². The summed E-state index contributed by atoms with van der Waals surface area (Å²) >= 11 is 0. The Morgan fingerprint density at radius 3 is 1.64 bits per heavy atom. The zero-order valence-corrected chi connectivity index (χ0v) is 23.7. The Kier molecular flexibility index (Phi) is 3.72. The smallest absolute Gasteiger partial charge is 0.246 e. The topological polar surface area (TPSA) is 12.9 Å². The van der Waals surface area contributed by atoms with E-state index in [1.807, 2.05) is 0 Å². The molecule has 44 heavy (non-hydrogen) atoms. The molecule has 0 radical (unpaired) electrons. The molecular formula is C41H21B2N. The third-order valence-electron chi connectivity index (χ3n) is 11.1. The molecule has 7 aromatic carbocycles. The van der Waals surface area contributed by atoms with E-state index in [0.29, 0.717) is 0 Å². The lowest BCUT2D eigenvalue weighted by Crippen LogP contribution is -2.52. The van der Waals surface area contributed by atoms with Gasteiger partial charge in [0.15, 0.2) is 0 Å². The van der Waals surface area contributed by atoms with Crippen LogP contribution in [-0.2, 0) is 0 Å². The fourth-order valence-electron chi connectivity index (χ4n) is 9.55. The summed E-state index contributed by atoms with van der Waals surface area (Å²) < 4.78 is 0. The average Bonchev–Trinajstić information content (AvgIpc) is 3.58. The second-order valence-electron chi connectivity index (χ2n) is 12.9. The fourth-order valence-corrected chi connectivity index (χ4v) is 9.55. The molecule has 0 aliphatic carbocycles. The van der Waals surface area contributed by atoms with E-state index in [4.69, 9.17) is 4.98 Å². The van der Waals surface area contributed by atoms with Gasteiger partial charge in [0.1, 0.15) is 0 Å². The molecule has 12 rings (SSSR count). The van der Waals surface area contributed by atoms with Gasteiger partial charge in [-0.3, -0.25) is 0 Å². The van der Waals surface area contributed by atoms with Gasteiger partial charge < -0.3 is 0 Å². The Bertz CT molecular complexity index is 2490. The number of nitrogens with zero attached hydrogens (tertiary/aromatic N) is 1. The zero-order valence-electron chi connectivity index (χ0n) is 23.7. The summed E-state index contributed by atoms with van der Waals surface area (Å²) in [4.78, 5) is 5.77. The number of aromatic nitrogens is 1. The van der Waals surface area contributed by atoms with Gasteiger partial charge in [0.05, 0.1) is 11.2 Å². The van der Waals surface area contributed by atoms with Crippen LogP contribution in [0.3, 0.4) is 0 Å². The molecule has 1 aromatic heterocycles. The van der Waals surface area contributed by atoms with Crippen LogP contribution in [0.2, 0.25) is 0 Å². The molecule has 196 valence electrons. The van der Waals surface area contributed by atoms with Crippen molar-refractivity contribution in [3.63, 3.8) is 0 Å². The quantitative estimate of drug-likeness (QED) is 0.228. The molecule has 0 unspecified atom stereocenters. The molecule has 0 N–H and O–H groups in total. The summed E-state index contributed by atoms with van der Waals surface area (Å²) in [6, 6.07) is 48.0. The largest absolute Gasteiger partial charge is 0.248 e. The van der Waals surface area contributed by atoms with E-state index in [9.17, 15) is 0 Å². The van der Waals surface area contributed by atoms with Gasteiger partial charge in [0.2, 0.25) is 13.4 Å². The van der Waals surface area contributed by atoms with Crippen LogP contribution in [0, 0.1) is 0 Å². The number of benzene rings is 7. The molecule has 0 bridgehead atoms. The minimum atomic E-state index is 0.195. The minimum absolute atomic E-state index is 0.195. The first-order valence-electron chi connectivity index (χ1n) is 15.6. The highest BCUT2D eigenvalue weighted by Crippen LogP contribution is 2.46. The SMILES string of the molecule is c1ccc2c(c1)B1c3c-2cc2c4c5c(nc2c3-c2cccc3cccc1c23)-c1ccccc1B5c1cccc2cccc-4c12. The lowest BCUT2D eigenvalue weighted by Gasteiger charge is -2.29. The first-order valence-corrected chi connectivity index (χ1v) is 15.6. The lowest BCUT2D eigenvalue weighted by atomic mass is 9.35. The van der Waals surface area contributed by atoms with Gasteiger partial charge in [-0.05, 0) is 66.5 Å². The lowest BCUT2D eigenvalue weighted by molar-refractivity contribution is 1.43. The average molecular weight is 549 g/mol. The normalized spacial score (nSPS) is 13.8. The number of hydrogen-bond acceptors (Lipinski definition) is 1. The molecule has 5 heterocycles. The molecule has 0 saturated heterocycles. The molecule has 4 aliphatic rings. The molecule has 1 nitrogen and oxygen atoms in total. The number of hydrogen-bond donors (Lipinski definition) is 0. The summed E-state index contributed by atoms with van der Waals surface area (Å²) in [6.07, 6.45) is 0. The van der Waals surface area contributed by atoms with E-state index in [1.165, 1.54) is 98.7 Å². The van der Waals surface area contributed by atoms with E-state index in [-0.39, 0.29) is 13.4 Å². The van der Waals surface area contributed by atoms with E-state index in [2.05, 4.69) is 127 Å². The van der Waals surface area contributed by atoms with Crippen LogP contribution in [0.4, 0.5) is 0 Å². The maximum absolute atomic E-state index is 5.77. The summed E-state index contributed by atoms with van der Waals surface area (Å²) in [7, 11) is 0. The minimum Gasteiger partial charge on any atom is -0.248 e. The molecule has 0 amide bonds. The van der Waals surface area contributed by atoms with Crippen molar-refractivity contribution in [2.45, 2.75) is 0 Å². The van der Waals surface area contributed by atoms with Gasteiger partial charge >= 0.3 is 0 Å². The van der Waals surface area contributed by atoms with Crippen LogP contribution < -0.4 is 32.8 Å². The van der Waals surface area contributed by atoms with Gasteiger partial charge in [-0.15, -0.1) is 0 Å². The number of pyridine rings is 1. The summed E-state index contributed by atoms with van der Waals surface area (Å²) in [5.41, 5.74) is 20.1. The van der Waals surface area contributed by atoms with Crippen LogP contribution in [0.1, 0.15) is 0 Å². The predicted molar refractivity (Wildman–Crippen MR) is 188 cm³/mol. The molecule has 3 heteroatoms. The van der Waals surface area contributed by atoms with Crippen LogP contribution >= 0.6 is 0 Å². The Morgan fingerprint density at radius 1 is 0.409 bits per heavy atom. The molecule has 8 aromatic rings.